The zero-order valence-electron chi connectivity index (χ0n) is 20.5. The highest BCUT2D eigenvalue weighted by Gasteiger charge is 2.25. The van der Waals surface area contributed by atoms with Crippen LogP contribution in [0.25, 0.3) is 0 Å². The molecule has 0 aliphatic heterocycles. The third kappa shape index (κ3) is 9.47. The van der Waals surface area contributed by atoms with Crippen LogP contribution in [-0.2, 0) is 9.53 Å². The predicted octanol–water partition coefficient (Wildman–Crippen LogP) is 7.06. The number of methoxy groups -OCH3 is 1. The summed E-state index contributed by atoms with van der Waals surface area (Å²) in [5.74, 6) is 1.53. The van der Waals surface area contributed by atoms with Crippen LogP contribution in [0.5, 0.6) is 5.75 Å². The molecule has 0 aromatic heterocycles. The molecule has 0 saturated heterocycles. The molecular formula is C28H39NO3. The van der Waals surface area contributed by atoms with E-state index in [0.29, 0.717) is 6.04 Å². The molecule has 1 aromatic carbocycles. The van der Waals surface area contributed by atoms with Gasteiger partial charge < -0.3 is 14.8 Å². The third-order valence-electron chi connectivity index (χ3n) is 4.89. The number of hydrogen-bond acceptors (Lipinski definition) is 4. The Morgan fingerprint density at radius 1 is 1.09 bits per heavy atom. The average molecular weight is 438 g/mol. The SMILES string of the molecule is C#C.CC(C)(C)C(=O)OC1=CC2=C(C=CC1)CCCC2.COc1cccc(NC(C)C)c1. The highest BCUT2D eigenvalue weighted by atomic mass is 16.5. The molecule has 1 N–H and O–H groups in total. The van der Waals surface area contributed by atoms with Gasteiger partial charge in [0, 0.05) is 24.2 Å². The van der Waals surface area contributed by atoms with Crippen molar-refractivity contribution in [3.05, 3.63) is 59.4 Å². The summed E-state index contributed by atoms with van der Waals surface area (Å²) in [6.45, 7) is 9.87. The Labute approximate surface area is 194 Å². The molecule has 2 aliphatic rings. The van der Waals surface area contributed by atoms with Crippen molar-refractivity contribution in [2.75, 3.05) is 12.4 Å². The summed E-state index contributed by atoms with van der Waals surface area (Å²) >= 11 is 0. The molecule has 0 heterocycles. The monoisotopic (exact) mass is 437 g/mol. The molecule has 0 saturated carbocycles. The fourth-order valence-electron chi connectivity index (χ4n) is 3.27. The van der Waals surface area contributed by atoms with Crippen LogP contribution < -0.4 is 10.1 Å². The molecule has 0 atom stereocenters. The molecule has 32 heavy (non-hydrogen) atoms. The fraction of sp³-hybridized carbons (Fsp3) is 0.464. The Morgan fingerprint density at radius 3 is 2.34 bits per heavy atom. The lowest BCUT2D eigenvalue weighted by atomic mass is 9.92. The van der Waals surface area contributed by atoms with Crippen LogP contribution in [0.1, 0.15) is 66.7 Å². The fourth-order valence-corrected chi connectivity index (χ4v) is 3.27. The molecule has 3 rings (SSSR count). The summed E-state index contributed by atoms with van der Waals surface area (Å²) in [7, 11) is 1.68. The van der Waals surface area contributed by atoms with E-state index in [-0.39, 0.29) is 5.97 Å². The first-order chi connectivity index (χ1) is 15.2. The van der Waals surface area contributed by atoms with Crippen molar-refractivity contribution >= 4 is 11.7 Å². The van der Waals surface area contributed by atoms with E-state index in [1.165, 1.54) is 24.0 Å². The first-order valence-corrected chi connectivity index (χ1v) is 11.2. The van der Waals surface area contributed by atoms with Crippen molar-refractivity contribution in [1.82, 2.24) is 0 Å². The zero-order chi connectivity index (χ0) is 24.1. The lowest BCUT2D eigenvalue weighted by Crippen LogP contribution is -2.22. The van der Waals surface area contributed by atoms with Crippen LogP contribution in [0.2, 0.25) is 0 Å². The van der Waals surface area contributed by atoms with E-state index in [1.54, 1.807) is 7.11 Å². The molecule has 0 amide bonds. The first kappa shape index (κ1) is 27.1. The molecule has 174 valence electrons. The van der Waals surface area contributed by atoms with Gasteiger partial charge in [-0.2, -0.15) is 0 Å². The number of ether oxygens (including phenoxy) is 2. The van der Waals surface area contributed by atoms with Crippen LogP contribution >= 0.6 is 0 Å². The molecule has 0 spiro atoms. The van der Waals surface area contributed by atoms with Crippen LogP contribution in [0.3, 0.4) is 0 Å². The maximum absolute atomic E-state index is 11.9. The average Bonchev–Trinajstić information content (AvgIpc) is 2.96. The Kier molecular flexibility index (Phi) is 11.4. The van der Waals surface area contributed by atoms with Gasteiger partial charge in [0.2, 0.25) is 0 Å². The van der Waals surface area contributed by atoms with Crippen molar-refractivity contribution in [3.8, 4) is 18.6 Å². The van der Waals surface area contributed by atoms with Crippen molar-refractivity contribution in [3.63, 3.8) is 0 Å². The number of carbonyl (C=O) groups is 1. The summed E-state index contributed by atoms with van der Waals surface area (Å²) in [5, 5.41) is 3.30. The van der Waals surface area contributed by atoms with Crippen molar-refractivity contribution in [2.24, 2.45) is 5.41 Å². The van der Waals surface area contributed by atoms with Crippen LogP contribution in [0.15, 0.2) is 59.4 Å². The molecule has 2 aliphatic carbocycles. The second kappa shape index (κ2) is 13.5. The van der Waals surface area contributed by atoms with E-state index in [9.17, 15) is 4.79 Å². The second-order valence-corrected chi connectivity index (χ2v) is 9.15. The quantitative estimate of drug-likeness (QED) is 0.405. The molecule has 4 heteroatoms. The summed E-state index contributed by atoms with van der Waals surface area (Å²) in [6, 6.07) is 8.38. The van der Waals surface area contributed by atoms with Crippen LogP contribution in [0, 0.1) is 18.3 Å². The van der Waals surface area contributed by atoms with Crippen molar-refractivity contribution in [1.29, 1.82) is 0 Å². The van der Waals surface area contributed by atoms with E-state index in [0.717, 1.165) is 36.5 Å². The summed E-state index contributed by atoms with van der Waals surface area (Å²) in [6.07, 6.45) is 19.9. The highest BCUT2D eigenvalue weighted by molar-refractivity contribution is 5.76. The Balaban J connectivity index is 0.000000318. The lowest BCUT2D eigenvalue weighted by Gasteiger charge is -2.18. The number of allylic oxidation sites excluding steroid dienone is 5. The van der Waals surface area contributed by atoms with Gasteiger partial charge in [0.1, 0.15) is 11.5 Å². The summed E-state index contributed by atoms with van der Waals surface area (Å²) in [4.78, 5) is 11.9. The van der Waals surface area contributed by atoms with Gasteiger partial charge >= 0.3 is 5.97 Å². The number of carbonyl (C=O) groups excluding carboxylic acids is 1. The summed E-state index contributed by atoms with van der Waals surface area (Å²) in [5.41, 5.74) is 3.43. The number of esters is 1. The van der Waals surface area contributed by atoms with Gasteiger partial charge in [-0.3, -0.25) is 4.79 Å². The van der Waals surface area contributed by atoms with Gasteiger partial charge in [-0.05, 0) is 89.7 Å². The Morgan fingerprint density at radius 2 is 1.75 bits per heavy atom. The van der Waals surface area contributed by atoms with Gasteiger partial charge in [0.05, 0.1) is 12.5 Å². The number of terminal acetylenes is 1. The Hall–Kier alpha value is -2.93. The maximum atomic E-state index is 11.9. The molecular weight excluding hydrogens is 398 g/mol. The lowest BCUT2D eigenvalue weighted by molar-refractivity contribution is -0.148. The predicted molar refractivity (Wildman–Crippen MR) is 135 cm³/mol. The second-order valence-electron chi connectivity index (χ2n) is 9.15. The van der Waals surface area contributed by atoms with Crippen molar-refractivity contribution < 1.29 is 14.3 Å². The number of anilines is 1. The maximum Gasteiger partial charge on any atom is 0.316 e. The Bertz CT molecular complexity index is 851. The van der Waals surface area contributed by atoms with Crippen molar-refractivity contribution in [2.45, 2.75) is 72.8 Å². The van der Waals surface area contributed by atoms with Crippen LogP contribution in [-0.4, -0.2) is 19.1 Å². The highest BCUT2D eigenvalue weighted by Crippen LogP contribution is 2.31. The largest absolute Gasteiger partial charge is 0.497 e. The number of hydrogen-bond donors (Lipinski definition) is 1. The van der Waals surface area contributed by atoms with E-state index < -0.39 is 5.41 Å². The van der Waals surface area contributed by atoms with E-state index in [1.807, 2.05) is 45.0 Å². The van der Waals surface area contributed by atoms with Gasteiger partial charge in [-0.1, -0.05) is 18.2 Å². The standard InChI is InChI=1S/C16H22O2.C10H15NO.C2H2/c1-16(2,3)15(17)18-14-10-6-9-12-7-4-5-8-13(12)11-14;1-8(2)11-9-5-4-6-10(7-9)12-3;1-2/h6,9,11H,4-5,7-8,10H2,1-3H3;4-8,11H,1-3H3;1-2H. The minimum Gasteiger partial charge on any atom is -0.497 e. The first-order valence-electron chi connectivity index (χ1n) is 11.2. The summed E-state index contributed by atoms with van der Waals surface area (Å²) < 4.78 is 10.6. The molecule has 0 bridgehead atoms. The van der Waals surface area contributed by atoms with E-state index >= 15 is 0 Å². The number of nitrogens with one attached hydrogen (secondary N) is 1. The van der Waals surface area contributed by atoms with E-state index in [2.05, 4.69) is 50.2 Å². The van der Waals surface area contributed by atoms with Crippen LogP contribution in [0.4, 0.5) is 5.69 Å². The molecule has 1 aromatic rings. The minimum atomic E-state index is -0.444. The topological polar surface area (TPSA) is 47.6 Å². The molecule has 0 fully saturated rings. The zero-order valence-corrected chi connectivity index (χ0v) is 20.5. The number of rotatable bonds is 4. The van der Waals surface area contributed by atoms with Gasteiger partial charge in [-0.15, -0.1) is 12.8 Å². The van der Waals surface area contributed by atoms with Gasteiger partial charge in [0.25, 0.3) is 0 Å². The van der Waals surface area contributed by atoms with Gasteiger partial charge in [-0.25, -0.2) is 0 Å². The molecule has 4 nitrogen and oxygen atoms in total. The number of benzene rings is 1. The smallest absolute Gasteiger partial charge is 0.316 e. The third-order valence-corrected chi connectivity index (χ3v) is 4.89. The minimum absolute atomic E-state index is 0.151. The molecule has 0 radical (unpaired) electrons. The van der Waals surface area contributed by atoms with Gasteiger partial charge in [0.15, 0.2) is 0 Å². The van der Waals surface area contributed by atoms with E-state index in [4.69, 9.17) is 9.47 Å². The normalized spacial score (nSPS) is 15.1. The molecule has 0 unspecified atom stereocenters.